The molecule has 0 atom stereocenters. The monoisotopic (exact) mass is 396 g/mol. The van der Waals surface area contributed by atoms with E-state index in [9.17, 15) is 29.7 Å². The zero-order valence-corrected chi connectivity index (χ0v) is 15.7. The molecule has 0 unspecified atom stereocenters. The maximum Gasteiger partial charge on any atom is 0.336 e. The fourth-order valence-corrected chi connectivity index (χ4v) is 2.83. The van der Waals surface area contributed by atoms with Crippen molar-refractivity contribution in [2.24, 2.45) is 0 Å². The molecule has 0 aliphatic rings. The molecule has 0 radical (unpaired) electrons. The molecule has 0 aliphatic carbocycles. The van der Waals surface area contributed by atoms with Crippen LogP contribution in [0.5, 0.6) is 5.75 Å². The van der Waals surface area contributed by atoms with Gasteiger partial charge in [0.1, 0.15) is 5.75 Å². The first kappa shape index (κ1) is 21.4. The molecule has 0 saturated carbocycles. The van der Waals surface area contributed by atoms with E-state index < -0.39 is 11.9 Å². The number of carbonyl (C=O) groups excluding carboxylic acids is 1. The molecule has 29 heavy (non-hydrogen) atoms. The van der Waals surface area contributed by atoms with Crippen molar-refractivity contribution in [1.29, 1.82) is 0 Å². The van der Waals surface area contributed by atoms with E-state index in [4.69, 9.17) is 0 Å². The average molecular weight is 396 g/mol. The molecular formula is C22H20O7. The Morgan fingerprint density at radius 3 is 2.21 bits per heavy atom. The molecule has 0 spiro atoms. The number of fused-ring (bicyclic) bond motifs is 3. The molecule has 150 valence electrons. The number of phenolic OH excluding ortho intramolecular Hbond substituents is 1. The highest BCUT2D eigenvalue weighted by molar-refractivity contribution is 6.22. The SMILES string of the molecule is C=CC(=O)OCCC.O=C(O)c1cccc2ccc3c(O)ccc(C(=O)O)c3c12. The van der Waals surface area contributed by atoms with E-state index in [0.29, 0.717) is 22.8 Å². The summed E-state index contributed by atoms with van der Waals surface area (Å²) in [6.07, 6.45) is 2.02. The molecule has 7 heteroatoms. The van der Waals surface area contributed by atoms with Crippen LogP contribution in [0.3, 0.4) is 0 Å². The third kappa shape index (κ3) is 4.70. The van der Waals surface area contributed by atoms with Crippen LogP contribution in [0.4, 0.5) is 0 Å². The van der Waals surface area contributed by atoms with Gasteiger partial charge in [0.05, 0.1) is 17.7 Å². The maximum absolute atomic E-state index is 11.4. The molecule has 0 amide bonds. The molecule has 0 heterocycles. The smallest absolute Gasteiger partial charge is 0.336 e. The molecule has 3 aromatic carbocycles. The van der Waals surface area contributed by atoms with Crippen molar-refractivity contribution in [2.75, 3.05) is 6.61 Å². The Kier molecular flexibility index (Phi) is 6.92. The van der Waals surface area contributed by atoms with E-state index in [1.807, 2.05) is 6.92 Å². The number of ether oxygens (including phenoxy) is 1. The summed E-state index contributed by atoms with van der Waals surface area (Å²) in [5.41, 5.74) is -0.0340. The highest BCUT2D eigenvalue weighted by atomic mass is 16.5. The molecule has 3 N–H and O–H groups in total. The first-order valence-electron chi connectivity index (χ1n) is 8.75. The number of hydrogen-bond acceptors (Lipinski definition) is 5. The lowest BCUT2D eigenvalue weighted by Crippen LogP contribution is -2.02. The zero-order chi connectivity index (χ0) is 21.6. The number of carboxylic acid groups (broad SMARTS) is 2. The number of benzene rings is 3. The van der Waals surface area contributed by atoms with Crippen LogP contribution in [0.15, 0.2) is 55.1 Å². The van der Waals surface area contributed by atoms with E-state index in [1.54, 1.807) is 24.3 Å². The normalized spacial score (nSPS) is 10.1. The lowest BCUT2D eigenvalue weighted by atomic mass is 9.94. The average Bonchev–Trinajstić information content (AvgIpc) is 2.71. The molecule has 0 fully saturated rings. The summed E-state index contributed by atoms with van der Waals surface area (Å²) >= 11 is 0. The summed E-state index contributed by atoms with van der Waals surface area (Å²) in [6.45, 7) is 5.67. The van der Waals surface area contributed by atoms with Gasteiger partial charge in [0.25, 0.3) is 0 Å². The van der Waals surface area contributed by atoms with Crippen LogP contribution < -0.4 is 0 Å². The largest absolute Gasteiger partial charge is 0.507 e. The number of carboxylic acids is 2. The van der Waals surface area contributed by atoms with Crippen molar-refractivity contribution in [2.45, 2.75) is 13.3 Å². The Bertz CT molecular complexity index is 1100. The van der Waals surface area contributed by atoms with Crippen molar-refractivity contribution in [3.63, 3.8) is 0 Å². The van der Waals surface area contributed by atoms with Crippen LogP contribution in [0.25, 0.3) is 21.5 Å². The number of hydrogen-bond donors (Lipinski definition) is 3. The van der Waals surface area contributed by atoms with E-state index in [-0.39, 0.29) is 28.2 Å². The summed E-state index contributed by atoms with van der Waals surface area (Å²) in [5.74, 6) is -2.75. The minimum absolute atomic E-state index is 0.00574. The van der Waals surface area contributed by atoms with Crippen molar-refractivity contribution >= 4 is 39.5 Å². The molecule has 0 bridgehead atoms. The molecule has 7 nitrogen and oxygen atoms in total. The lowest BCUT2D eigenvalue weighted by molar-refractivity contribution is -0.137. The fourth-order valence-electron chi connectivity index (χ4n) is 2.83. The Hall–Kier alpha value is -3.87. The topological polar surface area (TPSA) is 121 Å². The van der Waals surface area contributed by atoms with E-state index in [2.05, 4.69) is 11.3 Å². The Morgan fingerprint density at radius 2 is 1.62 bits per heavy atom. The van der Waals surface area contributed by atoms with Crippen LogP contribution in [0, 0.1) is 0 Å². The third-order valence-electron chi connectivity index (χ3n) is 4.07. The van der Waals surface area contributed by atoms with Crippen LogP contribution in [0.2, 0.25) is 0 Å². The van der Waals surface area contributed by atoms with E-state index in [1.165, 1.54) is 18.2 Å². The van der Waals surface area contributed by atoms with Gasteiger partial charge in [-0.15, -0.1) is 0 Å². The summed E-state index contributed by atoms with van der Waals surface area (Å²) in [6, 6.07) is 10.5. The zero-order valence-electron chi connectivity index (χ0n) is 15.7. The second-order valence-electron chi connectivity index (χ2n) is 6.01. The number of aromatic hydroxyl groups is 1. The summed E-state index contributed by atoms with van der Waals surface area (Å²) < 4.78 is 4.58. The van der Waals surface area contributed by atoms with Crippen molar-refractivity contribution in [3.8, 4) is 5.75 Å². The third-order valence-corrected chi connectivity index (χ3v) is 4.07. The van der Waals surface area contributed by atoms with Gasteiger partial charge >= 0.3 is 17.9 Å². The summed E-state index contributed by atoms with van der Waals surface area (Å²) in [5, 5.41) is 30.1. The van der Waals surface area contributed by atoms with Gasteiger partial charge in [-0.2, -0.15) is 0 Å². The lowest BCUT2D eigenvalue weighted by Gasteiger charge is -2.11. The Labute approximate surface area is 166 Å². The van der Waals surface area contributed by atoms with E-state index in [0.717, 1.165) is 12.5 Å². The van der Waals surface area contributed by atoms with Crippen LogP contribution >= 0.6 is 0 Å². The first-order valence-corrected chi connectivity index (χ1v) is 8.75. The molecule has 3 rings (SSSR count). The Balaban J connectivity index is 0.000000321. The summed E-state index contributed by atoms with van der Waals surface area (Å²) in [4.78, 5) is 33.1. The second kappa shape index (κ2) is 9.36. The first-order chi connectivity index (χ1) is 13.8. The van der Waals surface area contributed by atoms with Gasteiger partial charge in [-0.05, 0) is 36.1 Å². The van der Waals surface area contributed by atoms with Gasteiger partial charge in [0.15, 0.2) is 0 Å². The standard InChI is InChI=1S/C16H10O5.C6H10O2/c17-12-7-6-11(16(20)21)14-9(12)5-4-8-2-1-3-10(13(8)14)15(18)19;1-3-5-8-6(7)4-2/h1-7,17H,(H,18,19)(H,20,21);4H,2-3,5H2,1H3. The molecule has 0 saturated heterocycles. The van der Waals surface area contributed by atoms with Crippen molar-refractivity contribution in [3.05, 3.63) is 66.2 Å². The van der Waals surface area contributed by atoms with Gasteiger partial charge in [-0.25, -0.2) is 14.4 Å². The quantitative estimate of drug-likeness (QED) is 0.335. The Morgan fingerprint density at radius 1 is 0.966 bits per heavy atom. The number of esters is 1. The minimum Gasteiger partial charge on any atom is -0.507 e. The number of carbonyl (C=O) groups is 3. The summed E-state index contributed by atoms with van der Waals surface area (Å²) in [7, 11) is 0. The highest BCUT2D eigenvalue weighted by Gasteiger charge is 2.18. The maximum atomic E-state index is 11.4. The van der Waals surface area contributed by atoms with Crippen LogP contribution in [-0.4, -0.2) is 39.8 Å². The highest BCUT2D eigenvalue weighted by Crippen LogP contribution is 2.35. The van der Waals surface area contributed by atoms with E-state index >= 15 is 0 Å². The van der Waals surface area contributed by atoms with Crippen molar-refractivity contribution < 1.29 is 34.4 Å². The minimum atomic E-state index is -1.17. The van der Waals surface area contributed by atoms with Gasteiger partial charge in [-0.3, -0.25) is 0 Å². The van der Waals surface area contributed by atoms with Gasteiger partial charge < -0.3 is 20.1 Å². The molecule has 3 aromatic rings. The van der Waals surface area contributed by atoms with Gasteiger partial charge in [-0.1, -0.05) is 31.7 Å². The molecule has 0 aliphatic heterocycles. The van der Waals surface area contributed by atoms with Crippen molar-refractivity contribution in [1.82, 2.24) is 0 Å². The fraction of sp³-hybridized carbons (Fsp3) is 0.136. The van der Waals surface area contributed by atoms with Gasteiger partial charge in [0.2, 0.25) is 0 Å². The molecule has 0 aromatic heterocycles. The predicted octanol–water partition coefficient (Wildman–Crippen LogP) is 4.22. The van der Waals surface area contributed by atoms with Crippen LogP contribution in [0.1, 0.15) is 34.1 Å². The predicted molar refractivity (Wildman–Crippen MR) is 108 cm³/mol. The number of aromatic carboxylic acids is 2. The second-order valence-corrected chi connectivity index (χ2v) is 6.01. The molecular weight excluding hydrogens is 376 g/mol. The number of rotatable bonds is 5. The van der Waals surface area contributed by atoms with Crippen LogP contribution in [-0.2, 0) is 9.53 Å². The van der Waals surface area contributed by atoms with Gasteiger partial charge in [0, 0.05) is 22.2 Å². The number of phenols is 1.